The number of carbonyl (C=O) groups is 1. The zero-order valence-corrected chi connectivity index (χ0v) is 17.9. The van der Waals surface area contributed by atoms with Crippen LogP contribution in [-0.2, 0) is 0 Å². The fraction of sp³-hybridized carbons (Fsp3) is 0.280. The van der Waals surface area contributed by atoms with Crippen LogP contribution in [0.25, 0.3) is 11.1 Å². The van der Waals surface area contributed by atoms with E-state index in [0.29, 0.717) is 23.3 Å². The van der Waals surface area contributed by atoms with E-state index < -0.39 is 0 Å². The molecular formula is C25H24N6O. The summed E-state index contributed by atoms with van der Waals surface area (Å²) < 4.78 is 0. The Balaban J connectivity index is 1.36. The molecule has 6 rings (SSSR count). The van der Waals surface area contributed by atoms with Crippen molar-refractivity contribution in [1.29, 1.82) is 0 Å². The van der Waals surface area contributed by atoms with Gasteiger partial charge in [-0.2, -0.15) is 10.2 Å². The molecule has 0 spiro atoms. The second kappa shape index (κ2) is 7.44. The van der Waals surface area contributed by atoms with Crippen LogP contribution in [0.3, 0.4) is 0 Å². The highest BCUT2D eigenvalue weighted by atomic mass is 16.2. The van der Waals surface area contributed by atoms with Gasteiger partial charge in [-0.1, -0.05) is 12.1 Å². The number of carbonyl (C=O) groups excluding carboxylic acids is 1. The summed E-state index contributed by atoms with van der Waals surface area (Å²) in [5, 5.41) is 15.0. The van der Waals surface area contributed by atoms with Gasteiger partial charge in [0.15, 0.2) is 11.5 Å². The number of hydrogen-bond acceptors (Lipinski definition) is 4. The Hall–Kier alpha value is -3.74. The fourth-order valence-corrected chi connectivity index (χ4v) is 4.09. The quantitative estimate of drug-likeness (QED) is 0.443. The van der Waals surface area contributed by atoms with E-state index >= 15 is 0 Å². The van der Waals surface area contributed by atoms with Gasteiger partial charge in [0.05, 0.1) is 5.69 Å². The number of aryl methyl sites for hydroxylation is 1. The standard InChI is InChI=1S/C25H24N6O/c1-15-12-19(10-11-26-15)16-6-8-20(9-7-16)31(24-14-22(28-30-24)18-4-5-18)25(32)23-13-21(27-29-23)17-2-3-17/h6-14,17-18H,2-5H2,1H3,(H,27,29)(H,28,30). The van der Waals surface area contributed by atoms with Crippen LogP contribution in [0.1, 0.15) is 65.1 Å². The third-order valence-electron chi connectivity index (χ3n) is 6.22. The number of nitrogens with zero attached hydrogens (tertiary/aromatic N) is 4. The second-order valence-corrected chi connectivity index (χ2v) is 8.81. The van der Waals surface area contributed by atoms with Crippen molar-refractivity contribution < 1.29 is 4.79 Å². The number of aromatic amines is 2. The van der Waals surface area contributed by atoms with E-state index in [-0.39, 0.29) is 5.91 Å². The number of rotatable bonds is 6. The number of H-pyrrole nitrogens is 2. The van der Waals surface area contributed by atoms with E-state index in [4.69, 9.17) is 0 Å². The first-order valence-electron chi connectivity index (χ1n) is 11.1. The molecule has 3 heterocycles. The van der Waals surface area contributed by atoms with Gasteiger partial charge in [0.2, 0.25) is 0 Å². The van der Waals surface area contributed by atoms with Crippen LogP contribution in [0.5, 0.6) is 0 Å². The van der Waals surface area contributed by atoms with Crippen molar-refractivity contribution in [1.82, 2.24) is 25.4 Å². The molecular weight excluding hydrogens is 400 g/mol. The molecule has 0 saturated heterocycles. The third-order valence-corrected chi connectivity index (χ3v) is 6.22. The molecule has 32 heavy (non-hydrogen) atoms. The van der Waals surface area contributed by atoms with Crippen LogP contribution in [0.4, 0.5) is 11.5 Å². The van der Waals surface area contributed by atoms with Gasteiger partial charge in [-0.3, -0.25) is 24.9 Å². The van der Waals surface area contributed by atoms with Crippen LogP contribution in [-0.4, -0.2) is 31.3 Å². The van der Waals surface area contributed by atoms with Crippen LogP contribution < -0.4 is 4.90 Å². The molecule has 1 amide bonds. The lowest BCUT2D eigenvalue weighted by Crippen LogP contribution is -2.26. The van der Waals surface area contributed by atoms with E-state index in [1.54, 1.807) is 4.90 Å². The van der Waals surface area contributed by atoms with Gasteiger partial charge in [-0.05, 0) is 74.1 Å². The average Bonchev–Trinajstić information content (AvgIpc) is 3.75. The number of nitrogens with one attached hydrogen (secondary N) is 2. The molecule has 2 aliphatic carbocycles. The number of pyridine rings is 1. The van der Waals surface area contributed by atoms with E-state index in [1.165, 1.54) is 12.8 Å². The normalized spacial score (nSPS) is 15.7. The number of benzene rings is 1. The Labute approximate surface area is 185 Å². The lowest BCUT2D eigenvalue weighted by Gasteiger charge is -2.19. The smallest absolute Gasteiger partial charge is 0.281 e. The molecule has 2 aliphatic rings. The van der Waals surface area contributed by atoms with Gasteiger partial charge in [0.25, 0.3) is 5.91 Å². The lowest BCUT2D eigenvalue weighted by molar-refractivity contribution is 0.0994. The predicted octanol–water partition coefficient (Wildman–Crippen LogP) is 5.24. The first-order chi connectivity index (χ1) is 15.7. The minimum absolute atomic E-state index is 0.186. The number of aromatic nitrogens is 5. The van der Waals surface area contributed by atoms with E-state index in [2.05, 4.69) is 31.4 Å². The number of amides is 1. The average molecular weight is 425 g/mol. The summed E-state index contributed by atoms with van der Waals surface area (Å²) in [5.41, 5.74) is 6.44. The highest BCUT2D eigenvalue weighted by Gasteiger charge is 2.31. The van der Waals surface area contributed by atoms with Gasteiger partial charge >= 0.3 is 0 Å². The Kier molecular flexibility index (Phi) is 4.41. The predicted molar refractivity (Wildman–Crippen MR) is 122 cm³/mol. The molecule has 0 radical (unpaired) electrons. The maximum atomic E-state index is 13.6. The van der Waals surface area contributed by atoms with Gasteiger partial charge in [0.1, 0.15) is 0 Å². The number of hydrogen-bond donors (Lipinski definition) is 2. The Morgan fingerprint density at radius 3 is 2.25 bits per heavy atom. The molecule has 0 unspecified atom stereocenters. The van der Waals surface area contributed by atoms with Gasteiger partial charge in [0, 0.05) is 41.2 Å². The van der Waals surface area contributed by atoms with Crippen LogP contribution >= 0.6 is 0 Å². The Morgan fingerprint density at radius 1 is 0.875 bits per heavy atom. The third kappa shape index (κ3) is 3.60. The van der Waals surface area contributed by atoms with E-state index in [9.17, 15) is 4.79 Å². The largest absolute Gasteiger partial charge is 0.284 e. The van der Waals surface area contributed by atoms with Crippen LogP contribution in [0.15, 0.2) is 54.7 Å². The summed E-state index contributed by atoms with van der Waals surface area (Å²) >= 11 is 0. The van der Waals surface area contributed by atoms with Crippen molar-refractivity contribution in [2.45, 2.75) is 44.4 Å². The summed E-state index contributed by atoms with van der Waals surface area (Å²) in [4.78, 5) is 19.5. The fourth-order valence-electron chi connectivity index (χ4n) is 4.09. The van der Waals surface area contributed by atoms with Crippen molar-refractivity contribution in [3.63, 3.8) is 0 Å². The second-order valence-electron chi connectivity index (χ2n) is 8.81. The molecule has 7 nitrogen and oxygen atoms in total. The highest BCUT2D eigenvalue weighted by molar-refractivity contribution is 6.09. The van der Waals surface area contributed by atoms with Crippen molar-refractivity contribution in [2.75, 3.05) is 4.90 Å². The summed E-state index contributed by atoms with van der Waals surface area (Å²) in [6.45, 7) is 1.98. The van der Waals surface area contributed by atoms with Crippen LogP contribution in [0, 0.1) is 6.92 Å². The lowest BCUT2D eigenvalue weighted by atomic mass is 10.1. The van der Waals surface area contributed by atoms with Crippen molar-refractivity contribution in [3.8, 4) is 11.1 Å². The molecule has 1 aromatic carbocycles. The van der Waals surface area contributed by atoms with Crippen LogP contribution in [0.2, 0.25) is 0 Å². The summed E-state index contributed by atoms with van der Waals surface area (Å²) in [6.07, 6.45) is 6.45. The molecule has 2 saturated carbocycles. The summed E-state index contributed by atoms with van der Waals surface area (Å²) in [5.74, 6) is 1.44. The molecule has 7 heteroatoms. The monoisotopic (exact) mass is 424 g/mol. The summed E-state index contributed by atoms with van der Waals surface area (Å²) in [6, 6.07) is 15.9. The molecule has 0 aliphatic heterocycles. The van der Waals surface area contributed by atoms with Crippen molar-refractivity contribution in [2.24, 2.45) is 0 Å². The van der Waals surface area contributed by atoms with Gasteiger partial charge in [-0.15, -0.1) is 0 Å². The molecule has 3 aromatic heterocycles. The Bertz CT molecular complexity index is 1280. The minimum Gasteiger partial charge on any atom is -0.281 e. The molecule has 160 valence electrons. The highest BCUT2D eigenvalue weighted by Crippen LogP contribution is 2.41. The zero-order valence-electron chi connectivity index (χ0n) is 17.9. The van der Waals surface area contributed by atoms with Crippen molar-refractivity contribution in [3.05, 3.63) is 77.5 Å². The van der Waals surface area contributed by atoms with E-state index in [0.717, 1.165) is 46.7 Å². The summed E-state index contributed by atoms with van der Waals surface area (Å²) in [7, 11) is 0. The first kappa shape index (κ1) is 19.0. The maximum absolute atomic E-state index is 13.6. The maximum Gasteiger partial charge on any atom is 0.284 e. The molecule has 2 N–H and O–H groups in total. The SMILES string of the molecule is Cc1cc(-c2ccc(N(C(=O)c3cc(C4CC4)[nH]n3)c3cc(C4CC4)[nH]n3)cc2)ccn1. The van der Waals surface area contributed by atoms with Crippen molar-refractivity contribution >= 4 is 17.4 Å². The van der Waals surface area contributed by atoms with Gasteiger partial charge < -0.3 is 0 Å². The number of anilines is 2. The zero-order chi connectivity index (χ0) is 21.7. The molecule has 4 aromatic rings. The van der Waals surface area contributed by atoms with E-state index in [1.807, 2.05) is 55.6 Å². The first-order valence-corrected chi connectivity index (χ1v) is 11.1. The molecule has 2 fully saturated rings. The molecule has 0 bridgehead atoms. The Morgan fingerprint density at radius 2 is 1.56 bits per heavy atom. The van der Waals surface area contributed by atoms with Gasteiger partial charge in [-0.25, -0.2) is 0 Å². The topological polar surface area (TPSA) is 90.6 Å². The minimum atomic E-state index is -0.186. The molecule has 0 atom stereocenters.